The van der Waals surface area contributed by atoms with E-state index in [1.165, 1.54) is 0 Å². The van der Waals surface area contributed by atoms with Crippen molar-refractivity contribution in [3.05, 3.63) is 6.92 Å². The molecule has 0 aromatic rings. The summed E-state index contributed by atoms with van der Waals surface area (Å²) in [4.78, 5) is 10.7. The van der Waals surface area contributed by atoms with Gasteiger partial charge in [-0.1, -0.05) is 6.42 Å². The second-order valence-corrected chi connectivity index (χ2v) is 2.12. The van der Waals surface area contributed by atoms with Crippen molar-refractivity contribution in [3.8, 4) is 0 Å². The molecule has 0 unspecified atom stereocenters. The minimum Gasteiger partial charge on any atom is -0.466 e. The van der Waals surface area contributed by atoms with Crippen molar-refractivity contribution < 1.29 is 29.0 Å². The molecule has 2 nitrogen and oxygen atoms in total. The van der Waals surface area contributed by atoms with Gasteiger partial charge in [0.15, 0.2) is 0 Å². The second kappa shape index (κ2) is 10.1. The summed E-state index contributed by atoms with van der Waals surface area (Å²) in [7, 11) is 0. The number of rotatable bonds is 5. The van der Waals surface area contributed by atoms with Gasteiger partial charge in [-0.05, 0) is 13.3 Å². The minimum absolute atomic E-state index is 0. The van der Waals surface area contributed by atoms with Crippen LogP contribution in [-0.2, 0) is 29.0 Å². The fourth-order valence-corrected chi connectivity index (χ4v) is 0.679. The molecule has 0 amide bonds. The van der Waals surface area contributed by atoms with Crippen LogP contribution in [0.4, 0.5) is 0 Å². The Hall–Kier alpha value is 0.0934. The predicted molar refractivity (Wildman–Crippen MR) is 40.5 cm³/mol. The van der Waals surface area contributed by atoms with E-state index in [2.05, 4.69) is 6.92 Å². The molecule has 3 heteroatoms. The van der Waals surface area contributed by atoms with Gasteiger partial charge >= 0.3 is 5.97 Å². The fourth-order valence-electron chi connectivity index (χ4n) is 0.679. The largest absolute Gasteiger partial charge is 0.466 e. The van der Waals surface area contributed by atoms with Crippen molar-refractivity contribution in [2.75, 3.05) is 6.61 Å². The molecule has 0 aliphatic heterocycles. The van der Waals surface area contributed by atoms with Crippen molar-refractivity contribution >= 4 is 5.97 Å². The van der Waals surface area contributed by atoms with E-state index in [4.69, 9.17) is 4.74 Å². The molecule has 0 saturated carbocycles. The van der Waals surface area contributed by atoms with Crippen LogP contribution in [0.3, 0.4) is 0 Å². The molecule has 0 radical (unpaired) electrons. The van der Waals surface area contributed by atoms with E-state index >= 15 is 0 Å². The molecule has 0 bridgehead atoms. The number of hydrogen-bond acceptors (Lipinski definition) is 2. The van der Waals surface area contributed by atoms with Crippen LogP contribution >= 0.6 is 0 Å². The molecule has 11 heavy (non-hydrogen) atoms. The maximum Gasteiger partial charge on any atom is 0.305 e. The van der Waals surface area contributed by atoms with Crippen molar-refractivity contribution in [1.82, 2.24) is 0 Å². The number of ether oxygens (including phenoxy) is 1. The van der Waals surface area contributed by atoms with Gasteiger partial charge in [-0.25, -0.2) is 0 Å². The van der Waals surface area contributed by atoms with Gasteiger partial charge < -0.3 is 11.7 Å². The van der Waals surface area contributed by atoms with Crippen LogP contribution in [0.15, 0.2) is 0 Å². The molecule has 0 saturated heterocycles. The molecular weight excluding hydrogens is 193 g/mol. The zero-order valence-electron chi connectivity index (χ0n) is 7.27. The Balaban J connectivity index is 0. The number of esters is 1. The van der Waals surface area contributed by atoms with Crippen molar-refractivity contribution in [1.29, 1.82) is 0 Å². The third kappa shape index (κ3) is 10.1. The fraction of sp³-hybridized carbons (Fsp3) is 0.750. The Morgan fingerprint density at radius 1 is 1.45 bits per heavy atom. The number of carbonyl (C=O) groups excluding carboxylic acids is 1. The van der Waals surface area contributed by atoms with E-state index in [0.717, 1.165) is 19.3 Å². The van der Waals surface area contributed by atoms with Crippen LogP contribution in [0.1, 0.15) is 32.6 Å². The Morgan fingerprint density at radius 2 is 2.09 bits per heavy atom. The molecule has 0 aliphatic carbocycles. The third-order valence-electron chi connectivity index (χ3n) is 1.19. The third-order valence-corrected chi connectivity index (χ3v) is 1.19. The number of unbranched alkanes of at least 4 members (excludes halogenated alkanes) is 2. The van der Waals surface area contributed by atoms with Crippen molar-refractivity contribution in [3.63, 3.8) is 0 Å². The van der Waals surface area contributed by atoms with Crippen LogP contribution < -0.4 is 0 Å². The maximum atomic E-state index is 10.7. The standard InChI is InChI=1S/C8H15O2.Zn/c1-3-5-6-7-8(9)10-4-2;/h1,3-7H2,2H3;/q-1;. The summed E-state index contributed by atoms with van der Waals surface area (Å²) in [5.41, 5.74) is 0. The zero-order valence-corrected chi connectivity index (χ0v) is 10.2. The molecular formula is C8H15O2Zn-. The summed E-state index contributed by atoms with van der Waals surface area (Å²) < 4.78 is 4.73. The van der Waals surface area contributed by atoms with Gasteiger partial charge in [0.2, 0.25) is 0 Å². The smallest absolute Gasteiger partial charge is 0.305 e. The molecule has 0 N–H and O–H groups in total. The Kier molecular flexibility index (Phi) is 12.5. The van der Waals surface area contributed by atoms with Crippen LogP contribution in [0.2, 0.25) is 0 Å². The SMILES string of the molecule is [CH2-]CCCCC(=O)OCC.[Zn]. The topological polar surface area (TPSA) is 26.3 Å². The van der Waals surface area contributed by atoms with Crippen LogP contribution in [-0.4, -0.2) is 12.6 Å². The quantitative estimate of drug-likeness (QED) is 0.299. The maximum absolute atomic E-state index is 10.7. The number of hydrogen-bond donors (Lipinski definition) is 0. The zero-order chi connectivity index (χ0) is 7.82. The average Bonchev–Trinajstić information content (AvgIpc) is 1.89. The first-order chi connectivity index (χ1) is 4.81. The molecule has 0 heterocycles. The van der Waals surface area contributed by atoms with E-state index in [1.54, 1.807) is 0 Å². The second-order valence-electron chi connectivity index (χ2n) is 2.12. The van der Waals surface area contributed by atoms with Gasteiger partial charge in [0.25, 0.3) is 0 Å². The molecule has 0 atom stereocenters. The molecule has 0 spiro atoms. The van der Waals surface area contributed by atoms with E-state index in [0.29, 0.717) is 13.0 Å². The number of carbonyl (C=O) groups is 1. The van der Waals surface area contributed by atoms with Gasteiger partial charge in [-0.15, -0.1) is 0 Å². The van der Waals surface area contributed by atoms with E-state index in [-0.39, 0.29) is 25.4 Å². The molecule has 0 aromatic heterocycles. The molecule has 0 fully saturated rings. The van der Waals surface area contributed by atoms with E-state index in [1.807, 2.05) is 6.92 Å². The van der Waals surface area contributed by atoms with Gasteiger partial charge in [0.1, 0.15) is 0 Å². The van der Waals surface area contributed by atoms with Crippen molar-refractivity contribution in [2.45, 2.75) is 32.6 Å². The summed E-state index contributed by atoms with van der Waals surface area (Å²) in [6.45, 7) is 5.98. The molecule has 62 valence electrons. The first-order valence-electron chi connectivity index (χ1n) is 3.76. The minimum atomic E-state index is -0.0871. The van der Waals surface area contributed by atoms with Gasteiger partial charge in [0.05, 0.1) is 6.61 Å². The van der Waals surface area contributed by atoms with E-state index < -0.39 is 0 Å². The van der Waals surface area contributed by atoms with Crippen LogP contribution in [0.25, 0.3) is 0 Å². The van der Waals surface area contributed by atoms with Gasteiger partial charge in [-0.2, -0.15) is 6.42 Å². The summed E-state index contributed by atoms with van der Waals surface area (Å²) >= 11 is 0. The van der Waals surface area contributed by atoms with Crippen molar-refractivity contribution in [2.24, 2.45) is 0 Å². The average molecular weight is 209 g/mol. The monoisotopic (exact) mass is 207 g/mol. The predicted octanol–water partition coefficient (Wildman–Crippen LogP) is 1.94. The summed E-state index contributed by atoms with van der Waals surface area (Å²) in [6, 6.07) is 0. The molecule has 0 aromatic carbocycles. The van der Waals surface area contributed by atoms with Gasteiger partial charge in [0, 0.05) is 25.9 Å². The van der Waals surface area contributed by atoms with E-state index in [9.17, 15) is 4.79 Å². The van der Waals surface area contributed by atoms with Crippen LogP contribution in [0.5, 0.6) is 0 Å². The summed E-state index contributed by atoms with van der Waals surface area (Å²) in [5.74, 6) is -0.0871. The first-order valence-corrected chi connectivity index (χ1v) is 3.76. The molecule has 0 rings (SSSR count). The normalized spacial score (nSPS) is 8.55. The Bertz CT molecular complexity index is 94.1. The van der Waals surface area contributed by atoms with Crippen LogP contribution in [0, 0.1) is 6.92 Å². The summed E-state index contributed by atoms with van der Waals surface area (Å²) in [5, 5.41) is 0. The Morgan fingerprint density at radius 3 is 2.55 bits per heavy atom. The summed E-state index contributed by atoms with van der Waals surface area (Å²) in [6.07, 6.45) is 3.36. The van der Waals surface area contributed by atoms with Gasteiger partial charge in [-0.3, -0.25) is 4.79 Å². The first kappa shape index (κ1) is 13.7. The Labute approximate surface area is 81.5 Å². The molecule has 0 aliphatic rings.